The number of aromatic nitrogens is 3. The van der Waals surface area contributed by atoms with E-state index in [4.69, 9.17) is 17.2 Å². The van der Waals surface area contributed by atoms with Crippen LogP contribution in [0, 0.1) is 0 Å². The molecule has 0 aliphatic rings. The Labute approximate surface area is 86.2 Å². The van der Waals surface area contributed by atoms with Crippen molar-refractivity contribution in [1.29, 1.82) is 0 Å². The molecule has 6 nitrogen and oxygen atoms in total. The molecule has 0 saturated carbocycles. The summed E-state index contributed by atoms with van der Waals surface area (Å²) < 4.78 is 0. The number of anilines is 3. The zero-order valence-corrected chi connectivity index (χ0v) is 7.88. The Bertz CT molecular complexity index is 475. The summed E-state index contributed by atoms with van der Waals surface area (Å²) in [7, 11) is 0. The third kappa shape index (κ3) is 1.93. The molecule has 1 aromatic carbocycles. The van der Waals surface area contributed by atoms with Crippen LogP contribution in [0.4, 0.5) is 17.6 Å². The third-order valence-electron chi connectivity index (χ3n) is 1.81. The van der Waals surface area contributed by atoms with Crippen molar-refractivity contribution in [3.8, 4) is 11.4 Å². The van der Waals surface area contributed by atoms with Crippen LogP contribution in [-0.4, -0.2) is 15.0 Å². The summed E-state index contributed by atoms with van der Waals surface area (Å²) in [5, 5.41) is 0. The van der Waals surface area contributed by atoms with Crippen LogP contribution in [0.5, 0.6) is 0 Å². The van der Waals surface area contributed by atoms with E-state index in [-0.39, 0.29) is 11.9 Å². The van der Waals surface area contributed by atoms with Crippen LogP contribution in [0.15, 0.2) is 24.3 Å². The number of nitrogens with two attached hydrogens (primary N) is 3. The summed E-state index contributed by atoms with van der Waals surface area (Å²) in [6, 6.07) is 7.15. The Balaban J connectivity index is 2.54. The number of nitrogen functional groups attached to an aromatic ring is 3. The van der Waals surface area contributed by atoms with Crippen LogP contribution in [0.2, 0.25) is 0 Å². The zero-order chi connectivity index (χ0) is 10.8. The minimum Gasteiger partial charge on any atom is -0.399 e. The fourth-order valence-corrected chi connectivity index (χ4v) is 1.22. The molecule has 0 saturated heterocycles. The highest BCUT2D eigenvalue weighted by molar-refractivity contribution is 5.62. The molecule has 0 aliphatic carbocycles. The van der Waals surface area contributed by atoms with E-state index in [1.54, 1.807) is 18.2 Å². The number of hydrogen-bond donors (Lipinski definition) is 3. The SMILES string of the molecule is Nc1cccc(-c2nc(N)nc(N)n2)c1. The van der Waals surface area contributed by atoms with Gasteiger partial charge in [-0.2, -0.15) is 15.0 Å². The normalized spacial score (nSPS) is 10.1. The topological polar surface area (TPSA) is 117 Å². The van der Waals surface area contributed by atoms with E-state index >= 15 is 0 Å². The van der Waals surface area contributed by atoms with Crippen molar-refractivity contribution in [3.05, 3.63) is 24.3 Å². The quantitative estimate of drug-likeness (QED) is 0.572. The van der Waals surface area contributed by atoms with Gasteiger partial charge in [-0.3, -0.25) is 0 Å². The first-order valence-corrected chi connectivity index (χ1v) is 4.28. The number of nitrogens with zero attached hydrogens (tertiary/aromatic N) is 3. The monoisotopic (exact) mass is 202 g/mol. The molecule has 2 aromatic rings. The van der Waals surface area contributed by atoms with Gasteiger partial charge in [0.2, 0.25) is 11.9 Å². The van der Waals surface area contributed by atoms with E-state index in [1.807, 2.05) is 6.07 Å². The van der Waals surface area contributed by atoms with Crippen molar-refractivity contribution < 1.29 is 0 Å². The highest BCUT2D eigenvalue weighted by Gasteiger charge is 2.04. The summed E-state index contributed by atoms with van der Waals surface area (Å²) in [6.07, 6.45) is 0. The molecule has 15 heavy (non-hydrogen) atoms. The molecule has 2 rings (SSSR count). The number of benzene rings is 1. The highest BCUT2D eigenvalue weighted by Crippen LogP contribution is 2.18. The maximum Gasteiger partial charge on any atom is 0.225 e. The lowest BCUT2D eigenvalue weighted by Crippen LogP contribution is -2.04. The Morgan fingerprint density at radius 1 is 0.867 bits per heavy atom. The molecule has 0 aliphatic heterocycles. The molecule has 0 amide bonds. The van der Waals surface area contributed by atoms with Crippen LogP contribution in [0.3, 0.4) is 0 Å². The van der Waals surface area contributed by atoms with Crippen molar-refractivity contribution >= 4 is 17.6 Å². The minimum atomic E-state index is 0.0972. The molecule has 0 spiro atoms. The highest BCUT2D eigenvalue weighted by atomic mass is 15.1. The van der Waals surface area contributed by atoms with Gasteiger partial charge in [0.1, 0.15) is 0 Å². The van der Waals surface area contributed by atoms with Crippen LogP contribution in [0.25, 0.3) is 11.4 Å². The second-order valence-electron chi connectivity index (χ2n) is 3.00. The average molecular weight is 202 g/mol. The second-order valence-corrected chi connectivity index (χ2v) is 3.00. The van der Waals surface area contributed by atoms with Crippen LogP contribution < -0.4 is 17.2 Å². The smallest absolute Gasteiger partial charge is 0.225 e. The van der Waals surface area contributed by atoms with Crippen LogP contribution in [-0.2, 0) is 0 Å². The van der Waals surface area contributed by atoms with Crippen molar-refractivity contribution in [1.82, 2.24) is 15.0 Å². The third-order valence-corrected chi connectivity index (χ3v) is 1.81. The van der Waals surface area contributed by atoms with E-state index in [9.17, 15) is 0 Å². The molecule has 1 aromatic heterocycles. The lowest BCUT2D eigenvalue weighted by molar-refractivity contribution is 1.09. The fourth-order valence-electron chi connectivity index (χ4n) is 1.22. The lowest BCUT2D eigenvalue weighted by Gasteiger charge is -2.02. The zero-order valence-electron chi connectivity index (χ0n) is 7.88. The molecular weight excluding hydrogens is 192 g/mol. The first kappa shape index (κ1) is 9.20. The maximum atomic E-state index is 5.64. The molecule has 0 fully saturated rings. The Morgan fingerprint density at radius 2 is 1.53 bits per heavy atom. The molecule has 0 atom stereocenters. The predicted octanol–water partition coefficient (Wildman–Crippen LogP) is 0.285. The Morgan fingerprint density at radius 3 is 2.13 bits per heavy atom. The van der Waals surface area contributed by atoms with Crippen LogP contribution >= 0.6 is 0 Å². The summed E-state index contributed by atoms with van der Waals surface area (Å²) >= 11 is 0. The molecule has 6 N–H and O–H groups in total. The molecule has 76 valence electrons. The molecule has 1 heterocycles. The predicted molar refractivity (Wildman–Crippen MR) is 58.5 cm³/mol. The molecule has 6 heteroatoms. The number of rotatable bonds is 1. The number of hydrogen-bond acceptors (Lipinski definition) is 6. The van der Waals surface area contributed by atoms with E-state index in [2.05, 4.69) is 15.0 Å². The molecule has 0 radical (unpaired) electrons. The summed E-state index contributed by atoms with van der Waals surface area (Å²) in [5.74, 6) is 0.618. The van der Waals surface area contributed by atoms with Gasteiger partial charge in [-0.1, -0.05) is 12.1 Å². The average Bonchev–Trinajstić information content (AvgIpc) is 2.16. The second kappa shape index (κ2) is 3.41. The van der Waals surface area contributed by atoms with E-state index in [1.165, 1.54) is 0 Å². The summed E-state index contributed by atoms with van der Waals surface area (Å²) in [4.78, 5) is 11.6. The van der Waals surface area contributed by atoms with Gasteiger partial charge in [-0.05, 0) is 12.1 Å². The largest absolute Gasteiger partial charge is 0.399 e. The molecular formula is C9H10N6. The van der Waals surface area contributed by atoms with Crippen molar-refractivity contribution in [3.63, 3.8) is 0 Å². The van der Waals surface area contributed by atoms with Gasteiger partial charge in [0.15, 0.2) is 5.82 Å². The summed E-state index contributed by atoms with van der Waals surface area (Å²) in [6.45, 7) is 0. The fraction of sp³-hybridized carbons (Fsp3) is 0. The van der Waals surface area contributed by atoms with Gasteiger partial charge in [0, 0.05) is 11.3 Å². The first-order chi connectivity index (χ1) is 7.15. The van der Waals surface area contributed by atoms with Gasteiger partial charge in [-0.25, -0.2) is 0 Å². The van der Waals surface area contributed by atoms with Gasteiger partial charge in [-0.15, -0.1) is 0 Å². The van der Waals surface area contributed by atoms with Crippen molar-refractivity contribution in [2.45, 2.75) is 0 Å². The Hall–Kier alpha value is -2.37. The standard InChI is InChI=1S/C9H10N6/c10-6-3-1-2-5(4-6)7-13-8(11)15-9(12)14-7/h1-4H,10H2,(H4,11,12,13,14,15). The van der Waals surface area contributed by atoms with Crippen molar-refractivity contribution in [2.24, 2.45) is 0 Å². The van der Waals surface area contributed by atoms with Gasteiger partial charge in [0.05, 0.1) is 0 Å². The Kier molecular flexibility index (Phi) is 2.09. The van der Waals surface area contributed by atoms with E-state index in [0.717, 1.165) is 5.56 Å². The van der Waals surface area contributed by atoms with Crippen LogP contribution in [0.1, 0.15) is 0 Å². The van der Waals surface area contributed by atoms with Gasteiger partial charge in [0.25, 0.3) is 0 Å². The van der Waals surface area contributed by atoms with Crippen molar-refractivity contribution in [2.75, 3.05) is 17.2 Å². The van der Waals surface area contributed by atoms with Gasteiger partial charge < -0.3 is 17.2 Å². The lowest BCUT2D eigenvalue weighted by atomic mass is 10.2. The van der Waals surface area contributed by atoms with E-state index < -0.39 is 0 Å². The molecule has 0 unspecified atom stereocenters. The summed E-state index contributed by atoms with van der Waals surface area (Å²) in [5.41, 5.74) is 18.0. The first-order valence-electron chi connectivity index (χ1n) is 4.28. The van der Waals surface area contributed by atoms with Gasteiger partial charge >= 0.3 is 0 Å². The van der Waals surface area contributed by atoms with E-state index in [0.29, 0.717) is 11.5 Å². The maximum absolute atomic E-state index is 5.64. The molecule has 0 bridgehead atoms. The minimum absolute atomic E-state index is 0.0972.